The number of carbonyl (C=O) groups is 2. The number of rotatable bonds is 9. The number of nitrogens with one attached hydrogen (secondary N) is 1. The number of para-hydroxylation sites is 1. The van der Waals surface area contributed by atoms with Crippen molar-refractivity contribution in [2.24, 2.45) is 0 Å². The molecule has 0 heterocycles. The molecule has 0 saturated heterocycles. The number of amides is 1. The van der Waals surface area contributed by atoms with E-state index in [1.807, 2.05) is 0 Å². The highest BCUT2D eigenvalue weighted by molar-refractivity contribution is 7.92. The van der Waals surface area contributed by atoms with Gasteiger partial charge in [-0.1, -0.05) is 30.3 Å². The van der Waals surface area contributed by atoms with Gasteiger partial charge in [0.05, 0.1) is 22.7 Å². The molecule has 2 aromatic rings. The fraction of sp³-hybridized carbons (Fsp3) is 0.200. The van der Waals surface area contributed by atoms with Gasteiger partial charge in [-0.25, -0.2) is 13.2 Å². The highest BCUT2D eigenvalue weighted by Gasteiger charge is 2.25. The highest BCUT2D eigenvalue weighted by atomic mass is 32.2. The molecule has 0 aliphatic rings. The summed E-state index contributed by atoms with van der Waals surface area (Å²) in [6.45, 7) is 5.42. The van der Waals surface area contributed by atoms with Crippen molar-refractivity contribution in [2.45, 2.75) is 11.8 Å². The lowest BCUT2D eigenvalue weighted by atomic mass is 10.2. The number of nitrogens with zero attached hydrogens (tertiary/aromatic N) is 1. The summed E-state index contributed by atoms with van der Waals surface area (Å²) in [7, 11) is -3.94. The van der Waals surface area contributed by atoms with Crippen LogP contribution in [0.25, 0.3) is 0 Å². The first-order valence-electron chi connectivity index (χ1n) is 8.62. The number of likely N-dealkylation sites (N-methyl/N-ethyl adjacent to an activating group) is 1. The third-order valence-corrected chi connectivity index (χ3v) is 5.49. The Morgan fingerprint density at radius 3 is 2.50 bits per heavy atom. The molecule has 2 aromatic carbocycles. The van der Waals surface area contributed by atoms with Crippen LogP contribution in [-0.2, 0) is 19.6 Å². The number of esters is 1. The predicted octanol–water partition coefficient (Wildman–Crippen LogP) is 2.36. The molecule has 0 radical (unpaired) electrons. The van der Waals surface area contributed by atoms with E-state index >= 15 is 0 Å². The van der Waals surface area contributed by atoms with Crippen LogP contribution in [0.1, 0.15) is 17.3 Å². The van der Waals surface area contributed by atoms with E-state index in [4.69, 9.17) is 4.74 Å². The Balaban J connectivity index is 2.28. The summed E-state index contributed by atoms with van der Waals surface area (Å²) in [6.07, 6.45) is 1.48. The Hall–Kier alpha value is -3.13. The number of hydrogen-bond donors (Lipinski definition) is 1. The number of hydrogen-bond acceptors (Lipinski definition) is 5. The third kappa shape index (κ3) is 5.20. The zero-order valence-corrected chi connectivity index (χ0v) is 16.3. The summed E-state index contributed by atoms with van der Waals surface area (Å²) >= 11 is 0. The average molecular weight is 402 g/mol. The van der Waals surface area contributed by atoms with Crippen molar-refractivity contribution in [1.29, 1.82) is 0 Å². The van der Waals surface area contributed by atoms with Gasteiger partial charge in [0.25, 0.3) is 15.9 Å². The molecular formula is C20H22N2O5S. The number of benzene rings is 2. The average Bonchev–Trinajstić information content (AvgIpc) is 2.71. The number of ether oxygens (including phenoxy) is 1. The first kappa shape index (κ1) is 21.2. The van der Waals surface area contributed by atoms with E-state index in [1.54, 1.807) is 37.3 Å². The molecule has 0 fully saturated rings. The molecular weight excluding hydrogens is 380 g/mol. The fourth-order valence-corrected chi connectivity index (χ4v) is 3.91. The Kier molecular flexibility index (Phi) is 7.34. The maximum absolute atomic E-state index is 13.1. The number of anilines is 1. The Labute approximate surface area is 164 Å². The highest BCUT2D eigenvalue weighted by Crippen LogP contribution is 2.24. The van der Waals surface area contributed by atoms with Crippen LogP contribution in [0.4, 0.5) is 5.69 Å². The molecule has 148 valence electrons. The van der Waals surface area contributed by atoms with Crippen LogP contribution in [0.2, 0.25) is 0 Å². The SMILES string of the molecule is C=CCN(c1ccccc1)S(=O)(=O)c1cccc(C(=O)OCC(=O)NCC)c1. The Morgan fingerprint density at radius 2 is 1.86 bits per heavy atom. The van der Waals surface area contributed by atoms with Crippen molar-refractivity contribution in [1.82, 2.24) is 5.32 Å². The van der Waals surface area contributed by atoms with Gasteiger partial charge in [-0.05, 0) is 37.3 Å². The van der Waals surface area contributed by atoms with Crippen molar-refractivity contribution >= 4 is 27.6 Å². The maximum Gasteiger partial charge on any atom is 0.338 e. The van der Waals surface area contributed by atoms with Crippen molar-refractivity contribution in [3.05, 3.63) is 72.8 Å². The molecule has 28 heavy (non-hydrogen) atoms. The molecule has 0 bridgehead atoms. The van der Waals surface area contributed by atoms with Gasteiger partial charge < -0.3 is 10.1 Å². The van der Waals surface area contributed by atoms with E-state index in [0.717, 1.165) is 0 Å². The van der Waals surface area contributed by atoms with E-state index in [-0.39, 0.29) is 17.0 Å². The summed E-state index contributed by atoms with van der Waals surface area (Å²) in [5.74, 6) is -1.21. The lowest BCUT2D eigenvalue weighted by Gasteiger charge is -2.23. The predicted molar refractivity (Wildman–Crippen MR) is 107 cm³/mol. The Morgan fingerprint density at radius 1 is 1.14 bits per heavy atom. The first-order chi connectivity index (χ1) is 13.4. The summed E-state index contributed by atoms with van der Waals surface area (Å²) in [4.78, 5) is 23.5. The maximum atomic E-state index is 13.1. The van der Waals surface area contributed by atoms with Crippen molar-refractivity contribution in [2.75, 3.05) is 24.0 Å². The molecule has 0 aromatic heterocycles. The molecule has 0 atom stereocenters. The molecule has 7 nitrogen and oxygen atoms in total. The van der Waals surface area contributed by atoms with Crippen LogP contribution in [0, 0.1) is 0 Å². The Bertz CT molecular complexity index is 942. The lowest BCUT2D eigenvalue weighted by molar-refractivity contribution is -0.124. The molecule has 0 aliphatic carbocycles. The van der Waals surface area contributed by atoms with Crippen LogP contribution in [0.15, 0.2) is 72.1 Å². The third-order valence-electron chi connectivity index (χ3n) is 3.71. The monoisotopic (exact) mass is 402 g/mol. The molecule has 0 unspecified atom stereocenters. The first-order valence-corrected chi connectivity index (χ1v) is 10.1. The zero-order valence-electron chi connectivity index (χ0n) is 15.5. The van der Waals surface area contributed by atoms with Gasteiger partial charge in [0.2, 0.25) is 0 Å². The smallest absolute Gasteiger partial charge is 0.338 e. The second-order valence-electron chi connectivity index (χ2n) is 5.72. The van der Waals surface area contributed by atoms with Gasteiger partial charge in [0, 0.05) is 6.54 Å². The second kappa shape index (κ2) is 9.70. The van der Waals surface area contributed by atoms with Gasteiger partial charge in [0.15, 0.2) is 6.61 Å². The zero-order chi connectivity index (χ0) is 20.6. The molecule has 1 N–H and O–H groups in total. The topological polar surface area (TPSA) is 92.8 Å². The van der Waals surface area contributed by atoms with Crippen LogP contribution in [0.3, 0.4) is 0 Å². The quantitative estimate of drug-likeness (QED) is 0.513. The van der Waals surface area contributed by atoms with Crippen molar-refractivity contribution in [3.8, 4) is 0 Å². The van der Waals surface area contributed by atoms with E-state index in [9.17, 15) is 18.0 Å². The minimum Gasteiger partial charge on any atom is -0.452 e. The van der Waals surface area contributed by atoms with Gasteiger partial charge in [-0.2, -0.15) is 0 Å². The largest absolute Gasteiger partial charge is 0.452 e. The van der Waals surface area contributed by atoms with Gasteiger partial charge >= 0.3 is 5.97 Å². The molecule has 0 aliphatic heterocycles. The summed E-state index contributed by atoms with van der Waals surface area (Å²) in [5.41, 5.74) is 0.517. The van der Waals surface area contributed by atoms with Crippen LogP contribution >= 0.6 is 0 Å². The standard InChI is InChI=1S/C20H22N2O5S/c1-3-13-22(17-10-6-5-7-11-17)28(25,26)18-12-8-9-16(14-18)20(24)27-15-19(23)21-4-2/h3,5-12,14H,1,4,13,15H2,2H3,(H,21,23). The second-order valence-corrected chi connectivity index (χ2v) is 7.58. The van der Waals surface area contributed by atoms with Crippen molar-refractivity contribution < 1.29 is 22.7 Å². The van der Waals surface area contributed by atoms with E-state index in [0.29, 0.717) is 12.2 Å². The van der Waals surface area contributed by atoms with Crippen LogP contribution in [0.5, 0.6) is 0 Å². The number of sulfonamides is 1. The fourth-order valence-electron chi connectivity index (χ4n) is 2.43. The van der Waals surface area contributed by atoms with Crippen molar-refractivity contribution in [3.63, 3.8) is 0 Å². The van der Waals surface area contributed by atoms with E-state index in [2.05, 4.69) is 11.9 Å². The van der Waals surface area contributed by atoms with Gasteiger partial charge in [-0.3, -0.25) is 9.10 Å². The molecule has 0 spiro atoms. The molecule has 0 saturated carbocycles. The minimum atomic E-state index is -3.94. The molecule has 2 rings (SSSR count). The molecule has 1 amide bonds. The summed E-state index contributed by atoms with van der Waals surface area (Å²) < 4.78 is 32.3. The van der Waals surface area contributed by atoms with Gasteiger partial charge in [0.1, 0.15) is 0 Å². The normalized spacial score (nSPS) is 10.8. The molecule has 8 heteroatoms. The summed E-state index contributed by atoms with van der Waals surface area (Å²) in [6, 6.07) is 14.1. The van der Waals surface area contributed by atoms with Crippen LogP contribution < -0.4 is 9.62 Å². The van der Waals surface area contributed by atoms with E-state index < -0.39 is 28.5 Å². The van der Waals surface area contributed by atoms with Gasteiger partial charge in [-0.15, -0.1) is 6.58 Å². The minimum absolute atomic E-state index is 0.0389. The number of carbonyl (C=O) groups excluding carboxylic acids is 2. The lowest BCUT2D eigenvalue weighted by Crippen LogP contribution is -2.31. The van der Waals surface area contributed by atoms with Crippen LogP contribution in [-0.4, -0.2) is 40.0 Å². The summed E-state index contributed by atoms with van der Waals surface area (Å²) in [5, 5.41) is 2.51. The van der Waals surface area contributed by atoms with E-state index in [1.165, 1.54) is 34.6 Å².